The summed E-state index contributed by atoms with van der Waals surface area (Å²) in [5.41, 5.74) is 1.31. The molecule has 6 nitrogen and oxygen atoms in total. The average Bonchev–Trinajstić information content (AvgIpc) is 2.99. The lowest BCUT2D eigenvalue weighted by Gasteiger charge is -2.07. The zero-order valence-electron chi connectivity index (χ0n) is 15.2. The van der Waals surface area contributed by atoms with Crippen molar-refractivity contribution in [3.05, 3.63) is 58.6 Å². The number of carbonyl (C=O) groups is 2. The van der Waals surface area contributed by atoms with E-state index in [1.165, 1.54) is 6.07 Å². The second-order valence-corrected chi connectivity index (χ2v) is 6.30. The van der Waals surface area contributed by atoms with Crippen LogP contribution in [0, 0.1) is 12.7 Å². The molecule has 0 unspecified atom stereocenters. The first kappa shape index (κ1) is 19.7. The van der Waals surface area contributed by atoms with Crippen LogP contribution in [0.3, 0.4) is 0 Å². The zero-order chi connectivity index (χ0) is 20.3. The van der Waals surface area contributed by atoms with Gasteiger partial charge >= 0.3 is 5.97 Å². The number of hydrogen-bond acceptors (Lipinski definition) is 5. The Labute approximate surface area is 165 Å². The van der Waals surface area contributed by atoms with Crippen LogP contribution in [-0.2, 0) is 9.53 Å². The summed E-state index contributed by atoms with van der Waals surface area (Å²) < 4.78 is 29.1. The molecule has 1 N–H and O–H groups in total. The van der Waals surface area contributed by atoms with E-state index in [9.17, 15) is 14.0 Å². The monoisotopic (exact) mass is 405 g/mol. The Hall–Kier alpha value is -3.06. The van der Waals surface area contributed by atoms with E-state index in [1.54, 1.807) is 25.1 Å². The lowest BCUT2D eigenvalue weighted by Crippen LogP contribution is -2.21. The molecule has 0 saturated heterocycles. The summed E-state index contributed by atoms with van der Waals surface area (Å²) in [5, 5.41) is 3.21. The first-order valence-electron chi connectivity index (χ1n) is 8.47. The van der Waals surface area contributed by atoms with Crippen LogP contribution in [0.15, 0.2) is 40.8 Å². The SMILES string of the molecule is CCOc1ccc2oc(C(=O)OCC(=O)Nc3ccc(F)cc3Cl)c(C)c2c1. The number of anilines is 1. The maximum atomic E-state index is 13.0. The van der Waals surface area contributed by atoms with Gasteiger partial charge in [0, 0.05) is 10.9 Å². The first-order valence-corrected chi connectivity index (χ1v) is 8.84. The molecule has 0 saturated carbocycles. The van der Waals surface area contributed by atoms with Crippen molar-refractivity contribution in [1.29, 1.82) is 0 Å². The molecule has 1 amide bonds. The summed E-state index contributed by atoms with van der Waals surface area (Å²) in [6.45, 7) is 3.56. The van der Waals surface area contributed by atoms with E-state index in [1.807, 2.05) is 6.92 Å². The second kappa shape index (κ2) is 8.31. The summed E-state index contributed by atoms with van der Waals surface area (Å²) in [7, 11) is 0. The van der Waals surface area contributed by atoms with E-state index < -0.39 is 24.3 Å². The minimum Gasteiger partial charge on any atom is -0.494 e. The highest BCUT2D eigenvalue weighted by Gasteiger charge is 2.20. The summed E-state index contributed by atoms with van der Waals surface area (Å²) in [5.74, 6) is -1.24. The number of halogens is 2. The number of ether oxygens (including phenoxy) is 2. The average molecular weight is 406 g/mol. The Bertz CT molecular complexity index is 1050. The van der Waals surface area contributed by atoms with Crippen molar-refractivity contribution in [1.82, 2.24) is 0 Å². The predicted octanol–water partition coefficient (Wildman–Crippen LogP) is 4.73. The number of benzene rings is 2. The third-order valence-corrected chi connectivity index (χ3v) is 4.26. The van der Waals surface area contributed by atoms with Crippen molar-refractivity contribution in [2.45, 2.75) is 13.8 Å². The summed E-state index contributed by atoms with van der Waals surface area (Å²) in [4.78, 5) is 24.3. The van der Waals surface area contributed by atoms with E-state index >= 15 is 0 Å². The molecule has 0 radical (unpaired) electrons. The van der Waals surface area contributed by atoms with Gasteiger partial charge in [0.15, 0.2) is 6.61 Å². The van der Waals surface area contributed by atoms with Gasteiger partial charge in [-0.2, -0.15) is 0 Å². The zero-order valence-corrected chi connectivity index (χ0v) is 15.9. The Kier molecular flexibility index (Phi) is 5.84. The maximum absolute atomic E-state index is 13.0. The highest BCUT2D eigenvalue weighted by Crippen LogP contribution is 2.29. The van der Waals surface area contributed by atoms with Gasteiger partial charge in [-0.05, 0) is 50.2 Å². The number of hydrogen-bond donors (Lipinski definition) is 1. The number of nitrogens with one attached hydrogen (secondary N) is 1. The van der Waals surface area contributed by atoms with E-state index in [-0.39, 0.29) is 16.5 Å². The van der Waals surface area contributed by atoms with Gasteiger partial charge in [-0.3, -0.25) is 4.79 Å². The molecule has 2 aromatic carbocycles. The quantitative estimate of drug-likeness (QED) is 0.600. The topological polar surface area (TPSA) is 77.8 Å². The van der Waals surface area contributed by atoms with Crippen molar-refractivity contribution >= 4 is 40.1 Å². The molecule has 0 aliphatic rings. The molecule has 3 rings (SSSR count). The molecule has 0 bridgehead atoms. The number of furan rings is 1. The molecule has 0 aliphatic carbocycles. The molecular formula is C20H17ClFNO5. The predicted molar refractivity (Wildman–Crippen MR) is 102 cm³/mol. The third-order valence-electron chi connectivity index (χ3n) is 3.94. The van der Waals surface area contributed by atoms with Crippen LogP contribution >= 0.6 is 11.6 Å². The van der Waals surface area contributed by atoms with Crippen molar-refractivity contribution < 1.29 is 27.9 Å². The van der Waals surface area contributed by atoms with Crippen LogP contribution in [0.2, 0.25) is 5.02 Å². The molecule has 1 aromatic heterocycles. The summed E-state index contributed by atoms with van der Waals surface area (Å²) >= 11 is 5.85. The van der Waals surface area contributed by atoms with Crippen LogP contribution < -0.4 is 10.1 Å². The van der Waals surface area contributed by atoms with Crippen molar-refractivity contribution in [3.8, 4) is 5.75 Å². The Balaban J connectivity index is 1.67. The van der Waals surface area contributed by atoms with Crippen LogP contribution in [0.4, 0.5) is 10.1 Å². The molecule has 0 atom stereocenters. The normalized spacial score (nSPS) is 10.7. The second-order valence-electron chi connectivity index (χ2n) is 5.90. The fraction of sp³-hybridized carbons (Fsp3) is 0.200. The molecule has 0 fully saturated rings. The van der Waals surface area contributed by atoms with E-state index in [0.717, 1.165) is 17.5 Å². The highest BCUT2D eigenvalue weighted by atomic mass is 35.5. The van der Waals surface area contributed by atoms with Crippen LogP contribution in [0.25, 0.3) is 11.0 Å². The smallest absolute Gasteiger partial charge is 0.375 e. The molecule has 3 aromatic rings. The number of carbonyl (C=O) groups excluding carboxylic acids is 2. The number of esters is 1. The van der Waals surface area contributed by atoms with Gasteiger partial charge in [0.2, 0.25) is 5.76 Å². The fourth-order valence-corrected chi connectivity index (χ4v) is 2.84. The molecule has 28 heavy (non-hydrogen) atoms. The van der Waals surface area contributed by atoms with E-state index in [0.29, 0.717) is 23.5 Å². The number of aryl methyl sites for hydroxylation is 1. The van der Waals surface area contributed by atoms with Crippen LogP contribution in [-0.4, -0.2) is 25.1 Å². The molecule has 1 heterocycles. The van der Waals surface area contributed by atoms with Gasteiger partial charge in [-0.25, -0.2) is 9.18 Å². The number of fused-ring (bicyclic) bond motifs is 1. The van der Waals surface area contributed by atoms with Crippen LogP contribution in [0.5, 0.6) is 5.75 Å². The van der Waals surface area contributed by atoms with Gasteiger partial charge in [-0.15, -0.1) is 0 Å². The van der Waals surface area contributed by atoms with Gasteiger partial charge in [0.05, 0.1) is 17.3 Å². The minimum absolute atomic E-state index is 0.0104. The van der Waals surface area contributed by atoms with E-state index in [2.05, 4.69) is 5.32 Å². The van der Waals surface area contributed by atoms with Crippen molar-refractivity contribution in [2.75, 3.05) is 18.5 Å². The minimum atomic E-state index is -0.771. The van der Waals surface area contributed by atoms with Crippen molar-refractivity contribution in [3.63, 3.8) is 0 Å². The molecule has 146 valence electrons. The lowest BCUT2D eigenvalue weighted by molar-refractivity contribution is -0.119. The lowest BCUT2D eigenvalue weighted by atomic mass is 10.1. The molecule has 8 heteroatoms. The summed E-state index contributed by atoms with van der Waals surface area (Å²) in [6, 6.07) is 8.75. The molecule has 0 aliphatic heterocycles. The Morgan fingerprint density at radius 2 is 2.00 bits per heavy atom. The Morgan fingerprint density at radius 1 is 1.21 bits per heavy atom. The largest absolute Gasteiger partial charge is 0.494 e. The first-order chi connectivity index (χ1) is 13.4. The standard InChI is InChI=1S/C20H17ClFNO5/c1-3-26-13-5-7-17-14(9-13)11(2)19(28-17)20(25)27-10-18(24)23-16-6-4-12(22)8-15(16)21/h4-9H,3,10H2,1-2H3,(H,23,24). The van der Waals surface area contributed by atoms with E-state index in [4.69, 9.17) is 25.5 Å². The van der Waals surface area contributed by atoms with Gasteiger partial charge < -0.3 is 19.2 Å². The van der Waals surface area contributed by atoms with Crippen LogP contribution in [0.1, 0.15) is 23.0 Å². The number of rotatable bonds is 6. The molecule has 0 spiro atoms. The highest BCUT2D eigenvalue weighted by molar-refractivity contribution is 6.33. The third kappa shape index (κ3) is 4.26. The maximum Gasteiger partial charge on any atom is 0.375 e. The summed E-state index contributed by atoms with van der Waals surface area (Å²) in [6.07, 6.45) is 0. The van der Waals surface area contributed by atoms with Gasteiger partial charge in [0.1, 0.15) is 17.1 Å². The molecular weight excluding hydrogens is 389 g/mol. The Morgan fingerprint density at radius 3 is 2.71 bits per heavy atom. The van der Waals surface area contributed by atoms with Gasteiger partial charge in [-0.1, -0.05) is 11.6 Å². The van der Waals surface area contributed by atoms with Crippen molar-refractivity contribution in [2.24, 2.45) is 0 Å². The number of amides is 1. The van der Waals surface area contributed by atoms with Gasteiger partial charge in [0.25, 0.3) is 5.91 Å². The fourth-order valence-electron chi connectivity index (χ4n) is 2.62.